The van der Waals surface area contributed by atoms with E-state index in [4.69, 9.17) is 4.98 Å². The van der Waals surface area contributed by atoms with Crippen molar-refractivity contribution in [2.75, 3.05) is 0 Å². The van der Waals surface area contributed by atoms with Gasteiger partial charge in [-0.3, -0.25) is 4.98 Å². The molecule has 1 aromatic heterocycles. The first-order chi connectivity index (χ1) is 7.93. The minimum atomic E-state index is 0.0567. The van der Waals surface area contributed by atoms with Crippen molar-refractivity contribution >= 4 is 39.5 Å². The van der Waals surface area contributed by atoms with E-state index in [0.717, 1.165) is 21.4 Å². The number of pyridine rings is 1. The molecule has 3 heteroatoms. The Hall–Kier alpha value is -0.540. The van der Waals surface area contributed by atoms with Crippen LogP contribution in [0.15, 0.2) is 28.7 Å². The summed E-state index contributed by atoms with van der Waals surface area (Å²) in [7, 11) is 0. The normalized spacial score (nSPS) is 12.1. The van der Waals surface area contributed by atoms with Gasteiger partial charge < -0.3 is 0 Å². The van der Waals surface area contributed by atoms with Crippen LogP contribution in [0.3, 0.4) is 0 Å². The first kappa shape index (κ1) is 12.9. The molecule has 2 aromatic rings. The highest BCUT2D eigenvalue weighted by atomic mass is 79.9. The lowest BCUT2D eigenvalue weighted by Crippen LogP contribution is -2.14. The fraction of sp³-hybridized carbons (Fsp3) is 0.357. The topological polar surface area (TPSA) is 12.9 Å². The van der Waals surface area contributed by atoms with Crippen LogP contribution in [0.25, 0.3) is 10.9 Å². The molecule has 17 heavy (non-hydrogen) atoms. The van der Waals surface area contributed by atoms with Crippen molar-refractivity contribution in [2.24, 2.45) is 0 Å². The summed E-state index contributed by atoms with van der Waals surface area (Å²) in [6.07, 6.45) is 0. The lowest BCUT2D eigenvalue weighted by Gasteiger charge is -2.20. The van der Waals surface area contributed by atoms with Crippen LogP contribution in [0.2, 0.25) is 0 Å². The second-order valence-electron chi connectivity index (χ2n) is 5.21. The van der Waals surface area contributed by atoms with Gasteiger partial charge in [-0.1, -0.05) is 32.9 Å². The molecular formula is C14H16BrNS. The molecule has 1 aromatic carbocycles. The fourth-order valence-electron chi connectivity index (χ4n) is 1.80. The van der Waals surface area contributed by atoms with Crippen LogP contribution in [-0.4, -0.2) is 4.98 Å². The summed E-state index contributed by atoms with van der Waals surface area (Å²) in [5.41, 5.74) is 3.44. The summed E-state index contributed by atoms with van der Waals surface area (Å²) >= 11 is 7.99. The summed E-state index contributed by atoms with van der Waals surface area (Å²) in [6.45, 7) is 6.54. The minimum absolute atomic E-state index is 0.0567. The number of rotatable bonds is 1. The number of thiol groups is 1. The summed E-state index contributed by atoms with van der Waals surface area (Å²) in [5, 5.41) is 1.18. The number of para-hydroxylation sites is 1. The van der Waals surface area contributed by atoms with E-state index < -0.39 is 0 Å². The van der Waals surface area contributed by atoms with Gasteiger partial charge >= 0.3 is 0 Å². The van der Waals surface area contributed by atoms with Crippen LogP contribution in [-0.2, 0) is 11.2 Å². The number of benzene rings is 1. The molecule has 0 atom stereocenters. The molecule has 1 nitrogen and oxygen atoms in total. The van der Waals surface area contributed by atoms with Gasteiger partial charge in [0, 0.05) is 26.7 Å². The van der Waals surface area contributed by atoms with Gasteiger partial charge in [0.15, 0.2) is 0 Å². The van der Waals surface area contributed by atoms with E-state index in [2.05, 4.69) is 61.5 Å². The highest BCUT2D eigenvalue weighted by molar-refractivity contribution is 9.10. The van der Waals surface area contributed by atoms with Crippen molar-refractivity contribution in [1.82, 2.24) is 4.98 Å². The quantitative estimate of drug-likeness (QED) is 0.752. The minimum Gasteiger partial charge on any atom is -0.251 e. The monoisotopic (exact) mass is 309 g/mol. The van der Waals surface area contributed by atoms with E-state index in [1.165, 1.54) is 10.9 Å². The van der Waals surface area contributed by atoms with Crippen molar-refractivity contribution in [3.63, 3.8) is 0 Å². The molecule has 0 unspecified atom stereocenters. The molecular weight excluding hydrogens is 294 g/mol. The van der Waals surface area contributed by atoms with E-state index in [0.29, 0.717) is 0 Å². The van der Waals surface area contributed by atoms with Crippen LogP contribution in [0, 0.1) is 0 Å². The van der Waals surface area contributed by atoms with Gasteiger partial charge in [0.2, 0.25) is 0 Å². The number of hydrogen-bond donors (Lipinski definition) is 1. The van der Waals surface area contributed by atoms with Crippen LogP contribution in [0.4, 0.5) is 0 Å². The van der Waals surface area contributed by atoms with Crippen molar-refractivity contribution in [1.29, 1.82) is 0 Å². The van der Waals surface area contributed by atoms with Gasteiger partial charge in [-0.05, 0) is 33.6 Å². The Bertz CT molecular complexity index is 558. The Labute approximate surface area is 116 Å². The van der Waals surface area contributed by atoms with Crippen LogP contribution >= 0.6 is 28.6 Å². The molecule has 0 amide bonds. The van der Waals surface area contributed by atoms with E-state index in [-0.39, 0.29) is 5.41 Å². The maximum absolute atomic E-state index is 4.77. The third-order valence-electron chi connectivity index (χ3n) is 2.81. The van der Waals surface area contributed by atoms with Crippen LogP contribution in [0.5, 0.6) is 0 Å². The van der Waals surface area contributed by atoms with Gasteiger partial charge in [0.05, 0.1) is 5.52 Å². The summed E-state index contributed by atoms with van der Waals surface area (Å²) in [6, 6.07) is 8.34. The van der Waals surface area contributed by atoms with E-state index in [1.54, 1.807) is 0 Å². The fourth-order valence-corrected chi connectivity index (χ4v) is 2.52. The molecule has 0 fully saturated rings. The van der Waals surface area contributed by atoms with Crippen LogP contribution in [0.1, 0.15) is 32.0 Å². The predicted molar refractivity (Wildman–Crippen MR) is 80.8 cm³/mol. The molecule has 0 bridgehead atoms. The van der Waals surface area contributed by atoms with E-state index in [1.807, 2.05) is 12.1 Å². The first-order valence-electron chi connectivity index (χ1n) is 5.63. The lowest BCUT2D eigenvalue weighted by molar-refractivity contribution is 0.571. The molecule has 0 radical (unpaired) electrons. The number of aromatic nitrogens is 1. The Kier molecular flexibility index (Phi) is 3.50. The summed E-state index contributed by atoms with van der Waals surface area (Å²) in [5.74, 6) is 0.735. The third kappa shape index (κ3) is 2.50. The molecule has 0 spiro atoms. The Morgan fingerprint density at radius 1 is 1.29 bits per heavy atom. The molecule has 1 heterocycles. The Balaban J connectivity index is 2.81. The van der Waals surface area contributed by atoms with Crippen molar-refractivity contribution < 1.29 is 0 Å². The number of fused-ring (bicyclic) bond motifs is 1. The van der Waals surface area contributed by atoms with Crippen molar-refractivity contribution in [3.05, 3.63) is 40.0 Å². The molecule has 0 saturated carbocycles. The molecule has 0 aliphatic heterocycles. The van der Waals surface area contributed by atoms with Gasteiger partial charge in [0.25, 0.3) is 0 Å². The highest BCUT2D eigenvalue weighted by Crippen LogP contribution is 2.30. The SMILES string of the molecule is CC(C)(C)c1cc(CS)c2cccc(Br)c2n1. The van der Waals surface area contributed by atoms with E-state index in [9.17, 15) is 0 Å². The zero-order chi connectivity index (χ0) is 12.6. The Morgan fingerprint density at radius 3 is 2.59 bits per heavy atom. The largest absolute Gasteiger partial charge is 0.251 e. The zero-order valence-corrected chi connectivity index (χ0v) is 12.8. The first-order valence-corrected chi connectivity index (χ1v) is 7.05. The smallest absolute Gasteiger partial charge is 0.0850 e. The van der Waals surface area contributed by atoms with Crippen LogP contribution < -0.4 is 0 Å². The average molecular weight is 310 g/mol. The van der Waals surface area contributed by atoms with Gasteiger partial charge in [-0.15, -0.1) is 0 Å². The Morgan fingerprint density at radius 2 is 2.00 bits per heavy atom. The summed E-state index contributed by atoms with van der Waals surface area (Å²) in [4.78, 5) is 4.77. The van der Waals surface area contributed by atoms with Gasteiger partial charge in [-0.2, -0.15) is 12.6 Å². The second kappa shape index (κ2) is 4.62. The predicted octanol–water partition coefficient (Wildman–Crippen LogP) is 4.72. The maximum atomic E-state index is 4.77. The van der Waals surface area contributed by atoms with Crippen molar-refractivity contribution in [3.8, 4) is 0 Å². The standard InChI is InChI=1S/C14H16BrNS/c1-14(2,3)12-7-9(8-17)10-5-4-6-11(15)13(10)16-12/h4-7,17H,8H2,1-3H3. The number of halogens is 1. The number of hydrogen-bond acceptors (Lipinski definition) is 2. The average Bonchev–Trinajstić information content (AvgIpc) is 2.27. The van der Waals surface area contributed by atoms with E-state index >= 15 is 0 Å². The summed E-state index contributed by atoms with van der Waals surface area (Å²) < 4.78 is 1.05. The third-order valence-corrected chi connectivity index (χ3v) is 3.80. The lowest BCUT2D eigenvalue weighted by atomic mass is 9.90. The van der Waals surface area contributed by atoms with Gasteiger partial charge in [-0.25, -0.2) is 0 Å². The molecule has 2 rings (SSSR count). The zero-order valence-electron chi connectivity index (χ0n) is 10.3. The molecule has 0 saturated heterocycles. The molecule has 0 N–H and O–H groups in total. The highest BCUT2D eigenvalue weighted by Gasteiger charge is 2.18. The van der Waals surface area contributed by atoms with Crippen molar-refractivity contribution in [2.45, 2.75) is 31.9 Å². The molecule has 0 aliphatic carbocycles. The molecule has 90 valence electrons. The second-order valence-corrected chi connectivity index (χ2v) is 6.38. The van der Waals surface area contributed by atoms with Gasteiger partial charge in [0.1, 0.15) is 0 Å². The molecule has 0 aliphatic rings. The maximum Gasteiger partial charge on any atom is 0.0850 e. The number of nitrogens with zero attached hydrogens (tertiary/aromatic N) is 1.